The summed E-state index contributed by atoms with van der Waals surface area (Å²) >= 11 is 0. The van der Waals surface area contributed by atoms with Gasteiger partial charge in [0.25, 0.3) is 0 Å². The highest BCUT2D eigenvalue weighted by Crippen LogP contribution is 2.31. The molecule has 2 aromatic carbocycles. The molecule has 162 valence electrons. The van der Waals surface area contributed by atoms with Crippen LogP contribution < -0.4 is 4.74 Å². The van der Waals surface area contributed by atoms with Crippen LogP contribution in [0.3, 0.4) is 0 Å². The van der Waals surface area contributed by atoms with Crippen molar-refractivity contribution in [2.75, 3.05) is 26.3 Å². The van der Waals surface area contributed by atoms with Gasteiger partial charge in [-0.1, -0.05) is 18.2 Å². The van der Waals surface area contributed by atoms with Crippen molar-refractivity contribution >= 4 is 15.7 Å². The average Bonchev–Trinajstić information content (AvgIpc) is 3.28. The monoisotopic (exact) mass is 445 g/mol. The molecule has 0 atom stereocenters. The first kappa shape index (κ1) is 20.9. The minimum Gasteiger partial charge on any atom is -0.480 e. The van der Waals surface area contributed by atoms with Crippen LogP contribution in [0, 0.1) is 10.1 Å². The van der Waals surface area contributed by atoms with E-state index in [-0.39, 0.29) is 43.6 Å². The van der Waals surface area contributed by atoms with Gasteiger partial charge in [-0.15, -0.1) is 5.10 Å². The van der Waals surface area contributed by atoms with Crippen LogP contribution in [0.25, 0.3) is 5.69 Å². The van der Waals surface area contributed by atoms with Crippen LogP contribution in [0.2, 0.25) is 0 Å². The van der Waals surface area contributed by atoms with E-state index >= 15 is 0 Å². The second kappa shape index (κ2) is 8.79. The molecule has 1 aliphatic heterocycles. The van der Waals surface area contributed by atoms with Crippen molar-refractivity contribution in [3.63, 3.8) is 0 Å². The Morgan fingerprint density at radius 3 is 2.58 bits per heavy atom. The van der Waals surface area contributed by atoms with Crippen LogP contribution in [0.15, 0.2) is 59.6 Å². The number of hydrogen-bond acceptors (Lipinski definition) is 8. The van der Waals surface area contributed by atoms with Crippen molar-refractivity contribution < 1.29 is 22.8 Å². The molecule has 11 nitrogen and oxygen atoms in total. The molecular formula is C19H19N5O6S. The standard InChI is InChI=1S/C19H19N5O6S/c25-24(26)18-12-17(31(27,28)22-8-10-29-11-9-22)6-7-19(18)30-14-15-13-20-23(21-15)16-4-2-1-3-5-16/h1-7,12-13H,8-11,14H2. The van der Waals surface area contributed by atoms with E-state index < -0.39 is 20.6 Å². The van der Waals surface area contributed by atoms with Crippen molar-refractivity contribution in [2.45, 2.75) is 11.5 Å². The average molecular weight is 445 g/mol. The minimum absolute atomic E-state index is 0.0554. The van der Waals surface area contributed by atoms with Crippen LogP contribution in [0.1, 0.15) is 5.69 Å². The second-order valence-corrected chi connectivity index (χ2v) is 8.59. The molecule has 0 unspecified atom stereocenters. The molecule has 0 amide bonds. The lowest BCUT2D eigenvalue weighted by Gasteiger charge is -2.26. The molecule has 0 bridgehead atoms. The Morgan fingerprint density at radius 2 is 1.87 bits per heavy atom. The third-order valence-corrected chi connectivity index (χ3v) is 6.53. The summed E-state index contributed by atoms with van der Waals surface area (Å²) in [7, 11) is -3.86. The van der Waals surface area contributed by atoms with Gasteiger partial charge in [-0.2, -0.15) is 14.2 Å². The van der Waals surface area contributed by atoms with Gasteiger partial charge >= 0.3 is 5.69 Å². The lowest BCUT2D eigenvalue weighted by Crippen LogP contribution is -2.40. The fraction of sp³-hybridized carbons (Fsp3) is 0.263. The Bertz CT molecular complexity index is 1180. The third-order valence-electron chi connectivity index (χ3n) is 4.64. The highest BCUT2D eigenvalue weighted by atomic mass is 32.2. The zero-order chi connectivity index (χ0) is 21.8. The molecule has 0 aliphatic carbocycles. The highest BCUT2D eigenvalue weighted by molar-refractivity contribution is 7.89. The zero-order valence-corrected chi connectivity index (χ0v) is 17.1. The second-order valence-electron chi connectivity index (χ2n) is 6.65. The molecule has 1 aromatic heterocycles. The maximum absolute atomic E-state index is 12.8. The summed E-state index contributed by atoms with van der Waals surface area (Å²) in [6.07, 6.45) is 1.50. The van der Waals surface area contributed by atoms with Gasteiger partial charge in [-0.25, -0.2) is 8.42 Å². The van der Waals surface area contributed by atoms with Crippen LogP contribution in [-0.4, -0.2) is 58.9 Å². The number of rotatable bonds is 7. The summed E-state index contributed by atoms with van der Waals surface area (Å²) in [6, 6.07) is 12.8. The molecule has 0 radical (unpaired) electrons. The largest absolute Gasteiger partial charge is 0.480 e. The van der Waals surface area contributed by atoms with E-state index in [2.05, 4.69) is 10.2 Å². The quantitative estimate of drug-likeness (QED) is 0.397. The molecule has 3 aromatic rings. The number of morpholine rings is 1. The summed E-state index contributed by atoms with van der Waals surface area (Å²) in [5, 5.41) is 20.0. The SMILES string of the molecule is O=[N+]([O-])c1cc(S(=O)(=O)N2CCOCC2)ccc1OCc1cnn(-c2ccccc2)n1. The molecule has 0 spiro atoms. The third kappa shape index (κ3) is 4.55. The molecule has 0 saturated carbocycles. The first-order chi connectivity index (χ1) is 14.9. The van der Waals surface area contributed by atoms with Crippen molar-refractivity contribution in [3.8, 4) is 11.4 Å². The fourth-order valence-corrected chi connectivity index (χ4v) is 4.49. The first-order valence-corrected chi connectivity index (χ1v) is 10.8. The van der Waals surface area contributed by atoms with Gasteiger partial charge in [0.05, 0.1) is 34.9 Å². The van der Waals surface area contributed by atoms with Gasteiger partial charge in [-0.05, 0) is 24.3 Å². The summed E-state index contributed by atoms with van der Waals surface area (Å²) in [5.74, 6) is -0.0554. The van der Waals surface area contributed by atoms with Crippen LogP contribution >= 0.6 is 0 Å². The molecule has 4 rings (SSSR count). The number of nitro groups is 1. The molecule has 2 heterocycles. The van der Waals surface area contributed by atoms with E-state index in [1.165, 1.54) is 27.4 Å². The van der Waals surface area contributed by atoms with E-state index in [1.54, 1.807) is 0 Å². The molecule has 12 heteroatoms. The van der Waals surface area contributed by atoms with E-state index in [4.69, 9.17) is 9.47 Å². The number of hydrogen-bond donors (Lipinski definition) is 0. The lowest BCUT2D eigenvalue weighted by atomic mass is 10.3. The van der Waals surface area contributed by atoms with Crippen LogP contribution in [0.5, 0.6) is 5.75 Å². The van der Waals surface area contributed by atoms with Crippen LogP contribution in [0.4, 0.5) is 5.69 Å². The molecular weight excluding hydrogens is 426 g/mol. The zero-order valence-electron chi connectivity index (χ0n) is 16.3. The van der Waals surface area contributed by atoms with Gasteiger partial charge in [0, 0.05) is 19.2 Å². The molecule has 1 aliphatic rings. The Balaban J connectivity index is 1.52. The normalized spacial score (nSPS) is 15.0. The molecule has 0 N–H and O–H groups in total. The van der Waals surface area contributed by atoms with Crippen molar-refractivity contribution in [1.29, 1.82) is 0 Å². The number of nitrogens with zero attached hydrogens (tertiary/aromatic N) is 5. The molecule has 1 saturated heterocycles. The maximum atomic E-state index is 12.8. The topological polar surface area (TPSA) is 130 Å². The number of benzene rings is 2. The number of para-hydroxylation sites is 1. The fourth-order valence-electron chi connectivity index (χ4n) is 3.06. The first-order valence-electron chi connectivity index (χ1n) is 9.41. The Labute approximate surface area is 178 Å². The molecule has 1 fully saturated rings. The lowest BCUT2D eigenvalue weighted by molar-refractivity contribution is -0.386. The van der Waals surface area contributed by atoms with Gasteiger partial charge in [0.15, 0.2) is 5.75 Å². The number of sulfonamides is 1. The number of nitro benzene ring substituents is 1. The highest BCUT2D eigenvalue weighted by Gasteiger charge is 2.29. The smallest absolute Gasteiger partial charge is 0.312 e. The number of ether oxygens (including phenoxy) is 2. The Hall–Kier alpha value is -3.35. The number of aromatic nitrogens is 3. The summed E-state index contributed by atoms with van der Waals surface area (Å²) in [6.45, 7) is 0.901. The minimum atomic E-state index is -3.86. The van der Waals surface area contributed by atoms with E-state index in [0.717, 1.165) is 11.8 Å². The van der Waals surface area contributed by atoms with Crippen LogP contribution in [-0.2, 0) is 21.4 Å². The predicted octanol–water partition coefficient (Wildman–Crippen LogP) is 1.78. The van der Waals surface area contributed by atoms with Gasteiger partial charge in [-0.3, -0.25) is 10.1 Å². The summed E-state index contributed by atoms with van der Waals surface area (Å²) in [5.41, 5.74) is 0.783. The Kier molecular flexibility index (Phi) is 5.93. The Morgan fingerprint density at radius 1 is 1.13 bits per heavy atom. The van der Waals surface area contributed by atoms with Gasteiger partial charge in [0.2, 0.25) is 10.0 Å². The van der Waals surface area contributed by atoms with Crippen molar-refractivity contribution in [1.82, 2.24) is 19.3 Å². The van der Waals surface area contributed by atoms with Gasteiger partial charge < -0.3 is 9.47 Å². The van der Waals surface area contributed by atoms with E-state index in [0.29, 0.717) is 5.69 Å². The van der Waals surface area contributed by atoms with Gasteiger partial charge in [0.1, 0.15) is 12.3 Å². The van der Waals surface area contributed by atoms with Crippen molar-refractivity contribution in [3.05, 3.63) is 70.5 Å². The summed E-state index contributed by atoms with van der Waals surface area (Å²) < 4.78 is 37.5. The van der Waals surface area contributed by atoms with E-state index in [1.807, 2.05) is 30.3 Å². The maximum Gasteiger partial charge on any atom is 0.312 e. The predicted molar refractivity (Wildman–Crippen MR) is 108 cm³/mol. The summed E-state index contributed by atoms with van der Waals surface area (Å²) in [4.78, 5) is 12.1. The van der Waals surface area contributed by atoms with E-state index in [9.17, 15) is 18.5 Å². The molecule has 31 heavy (non-hydrogen) atoms. The van der Waals surface area contributed by atoms with Crippen molar-refractivity contribution in [2.24, 2.45) is 0 Å².